The van der Waals surface area contributed by atoms with Crippen LogP contribution in [0.3, 0.4) is 0 Å². The quantitative estimate of drug-likeness (QED) is 0.773. The van der Waals surface area contributed by atoms with E-state index in [1.165, 1.54) is 6.07 Å². The average molecular weight is 259 g/mol. The van der Waals surface area contributed by atoms with Crippen molar-refractivity contribution in [2.24, 2.45) is 5.92 Å². The molecule has 1 aromatic carbocycles. The van der Waals surface area contributed by atoms with Crippen molar-refractivity contribution < 1.29 is 4.39 Å². The molecule has 3 N–H and O–H groups in total. The predicted molar refractivity (Wildman–Crippen MR) is 73.0 cm³/mol. The van der Waals surface area contributed by atoms with E-state index in [2.05, 4.69) is 26.1 Å². The van der Waals surface area contributed by atoms with Gasteiger partial charge in [-0.05, 0) is 18.9 Å². The second-order valence-electron chi connectivity index (χ2n) is 4.36. The minimum absolute atomic E-state index is 0.0958. The van der Waals surface area contributed by atoms with Gasteiger partial charge in [0, 0.05) is 12.1 Å². The first-order chi connectivity index (χ1) is 7.99. The summed E-state index contributed by atoms with van der Waals surface area (Å²) in [6.45, 7) is 6.43. The molecular formula is C13H20ClFN2. The van der Waals surface area contributed by atoms with Gasteiger partial charge in [0.15, 0.2) is 0 Å². The first-order valence-electron chi connectivity index (χ1n) is 6.00. The molecule has 0 amide bonds. The summed E-state index contributed by atoms with van der Waals surface area (Å²) >= 11 is 5.75. The Bertz CT molecular complexity index is 378. The summed E-state index contributed by atoms with van der Waals surface area (Å²) in [6.07, 6.45) is 2.19. The van der Waals surface area contributed by atoms with Gasteiger partial charge in [0.1, 0.15) is 5.82 Å². The zero-order chi connectivity index (χ0) is 13.0. The molecule has 0 spiro atoms. The zero-order valence-electron chi connectivity index (χ0n) is 10.6. The molecule has 96 valence electrons. The van der Waals surface area contributed by atoms with Crippen molar-refractivity contribution in [2.45, 2.75) is 39.7 Å². The number of benzene rings is 1. The SMILES string of the molecule is CCC(CC)C(C)Nc1cc(Cl)c(F)cc1N. The van der Waals surface area contributed by atoms with E-state index in [-0.39, 0.29) is 11.1 Å². The second kappa shape index (κ2) is 6.10. The summed E-state index contributed by atoms with van der Waals surface area (Å²) < 4.78 is 13.1. The molecule has 0 aromatic heterocycles. The van der Waals surface area contributed by atoms with Crippen LogP contribution in [0.5, 0.6) is 0 Å². The van der Waals surface area contributed by atoms with Gasteiger partial charge in [-0.15, -0.1) is 0 Å². The lowest BCUT2D eigenvalue weighted by Gasteiger charge is -2.24. The highest BCUT2D eigenvalue weighted by Gasteiger charge is 2.15. The smallest absolute Gasteiger partial charge is 0.143 e. The van der Waals surface area contributed by atoms with Gasteiger partial charge in [0.2, 0.25) is 0 Å². The molecule has 1 rings (SSSR count). The lowest BCUT2D eigenvalue weighted by molar-refractivity contribution is 0.438. The Morgan fingerprint density at radius 3 is 2.47 bits per heavy atom. The van der Waals surface area contributed by atoms with Gasteiger partial charge in [0.25, 0.3) is 0 Å². The Morgan fingerprint density at radius 2 is 1.94 bits per heavy atom. The summed E-state index contributed by atoms with van der Waals surface area (Å²) in [5.74, 6) is 0.0862. The number of nitrogen functional groups attached to an aromatic ring is 1. The maximum Gasteiger partial charge on any atom is 0.143 e. The minimum atomic E-state index is -0.482. The molecule has 0 aliphatic rings. The summed E-state index contributed by atoms with van der Waals surface area (Å²) in [5.41, 5.74) is 6.86. The van der Waals surface area contributed by atoms with Gasteiger partial charge in [-0.25, -0.2) is 4.39 Å². The van der Waals surface area contributed by atoms with Crippen LogP contribution in [0.2, 0.25) is 5.02 Å². The third-order valence-corrected chi connectivity index (χ3v) is 3.52. The van der Waals surface area contributed by atoms with Crippen LogP contribution in [0, 0.1) is 11.7 Å². The summed E-state index contributed by atoms with van der Waals surface area (Å²) in [5, 5.41) is 3.40. The largest absolute Gasteiger partial charge is 0.397 e. The van der Waals surface area contributed by atoms with E-state index in [1.54, 1.807) is 6.07 Å². The fourth-order valence-corrected chi connectivity index (χ4v) is 2.21. The molecule has 0 aliphatic carbocycles. The van der Waals surface area contributed by atoms with Crippen molar-refractivity contribution >= 4 is 23.0 Å². The highest BCUT2D eigenvalue weighted by molar-refractivity contribution is 6.31. The van der Waals surface area contributed by atoms with Crippen molar-refractivity contribution in [3.8, 4) is 0 Å². The monoisotopic (exact) mass is 258 g/mol. The normalized spacial score (nSPS) is 12.8. The van der Waals surface area contributed by atoms with Gasteiger partial charge in [0.05, 0.1) is 16.4 Å². The molecule has 0 radical (unpaired) electrons. The first kappa shape index (κ1) is 14.1. The van der Waals surface area contributed by atoms with Crippen molar-refractivity contribution in [2.75, 3.05) is 11.1 Å². The molecule has 0 heterocycles. The van der Waals surface area contributed by atoms with Crippen LogP contribution >= 0.6 is 11.6 Å². The zero-order valence-corrected chi connectivity index (χ0v) is 11.3. The van der Waals surface area contributed by atoms with E-state index in [0.717, 1.165) is 12.8 Å². The van der Waals surface area contributed by atoms with Crippen molar-refractivity contribution in [3.63, 3.8) is 0 Å². The van der Waals surface area contributed by atoms with Gasteiger partial charge >= 0.3 is 0 Å². The van der Waals surface area contributed by atoms with E-state index in [4.69, 9.17) is 17.3 Å². The highest BCUT2D eigenvalue weighted by atomic mass is 35.5. The molecule has 17 heavy (non-hydrogen) atoms. The minimum Gasteiger partial charge on any atom is -0.397 e. The van der Waals surface area contributed by atoms with Crippen molar-refractivity contribution in [1.29, 1.82) is 0 Å². The van der Waals surface area contributed by atoms with Gasteiger partial charge in [-0.2, -0.15) is 0 Å². The van der Waals surface area contributed by atoms with Crippen LogP contribution in [0.4, 0.5) is 15.8 Å². The standard InChI is InChI=1S/C13H20ClFN2/c1-4-9(5-2)8(3)17-13-6-10(14)11(15)7-12(13)16/h6-9,17H,4-5,16H2,1-3H3. The number of anilines is 2. The molecule has 0 fully saturated rings. The summed E-state index contributed by atoms with van der Waals surface area (Å²) in [6, 6.07) is 3.09. The molecule has 1 aromatic rings. The Morgan fingerprint density at radius 1 is 1.35 bits per heavy atom. The molecule has 0 bridgehead atoms. The Labute approximate surface area is 107 Å². The summed E-state index contributed by atoms with van der Waals surface area (Å²) in [4.78, 5) is 0. The number of hydrogen-bond acceptors (Lipinski definition) is 2. The number of rotatable bonds is 5. The van der Waals surface area contributed by atoms with Crippen LogP contribution in [0.15, 0.2) is 12.1 Å². The third-order valence-electron chi connectivity index (χ3n) is 3.23. The Kier molecular flexibility index (Phi) is 5.06. The molecule has 1 atom stereocenters. The number of nitrogens with two attached hydrogens (primary N) is 1. The van der Waals surface area contributed by atoms with Crippen LogP contribution in [-0.2, 0) is 0 Å². The maximum atomic E-state index is 13.1. The Hall–Kier alpha value is -0.960. The topological polar surface area (TPSA) is 38.0 Å². The van der Waals surface area contributed by atoms with E-state index in [9.17, 15) is 4.39 Å². The Balaban J connectivity index is 2.84. The van der Waals surface area contributed by atoms with Gasteiger partial charge in [-0.3, -0.25) is 0 Å². The van der Waals surface area contributed by atoms with Crippen LogP contribution < -0.4 is 11.1 Å². The van der Waals surface area contributed by atoms with Crippen molar-refractivity contribution in [3.05, 3.63) is 23.0 Å². The number of hydrogen-bond donors (Lipinski definition) is 2. The highest BCUT2D eigenvalue weighted by Crippen LogP contribution is 2.28. The van der Waals surface area contributed by atoms with E-state index >= 15 is 0 Å². The maximum absolute atomic E-state index is 13.1. The number of nitrogens with one attached hydrogen (secondary N) is 1. The predicted octanol–water partition coefficient (Wildman–Crippen LogP) is 4.30. The van der Waals surface area contributed by atoms with Crippen LogP contribution in [0.25, 0.3) is 0 Å². The van der Waals surface area contributed by atoms with E-state index < -0.39 is 5.82 Å². The van der Waals surface area contributed by atoms with Gasteiger partial charge in [-0.1, -0.05) is 38.3 Å². The van der Waals surface area contributed by atoms with Gasteiger partial charge < -0.3 is 11.1 Å². The van der Waals surface area contributed by atoms with E-state index in [0.29, 0.717) is 17.3 Å². The fraction of sp³-hybridized carbons (Fsp3) is 0.538. The lowest BCUT2D eigenvalue weighted by Crippen LogP contribution is -2.25. The number of halogens is 2. The average Bonchev–Trinajstić information content (AvgIpc) is 2.27. The third kappa shape index (κ3) is 3.50. The first-order valence-corrected chi connectivity index (χ1v) is 6.38. The fourth-order valence-electron chi connectivity index (χ4n) is 2.05. The lowest BCUT2D eigenvalue weighted by atomic mass is 9.95. The molecule has 1 unspecified atom stereocenters. The molecule has 4 heteroatoms. The second-order valence-corrected chi connectivity index (χ2v) is 4.77. The van der Waals surface area contributed by atoms with Crippen LogP contribution in [-0.4, -0.2) is 6.04 Å². The molecule has 2 nitrogen and oxygen atoms in total. The molecular weight excluding hydrogens is 239 g/mol. The van der Waals surface area contributed by atoms with Crippen molar-refractivity contribution in [1.82, 2.24) is 0 Å². The molecule has 0 saturated carbocycles. The molecule has 0 saturated heterocycles. The summed E-state index contributed by atoms with van der Waals surface area (Å²) in [7, 11) is 0. The molecule has 0 aliphatic heterocycles. The van der Waals surface area contributed by atoms with Crippen LogP contribution in [0.1, 0.15) is 33.6 Å². The van der Waals surface area contributed by atoms with E-state index in [1.807, 2.05) is 0 Å².